The number of hydrogen-bond donors (Lipinski definition) is 4. The lowest BCUT2D eigenvalue weighted by Gasteiger charge is -2.24. The molecule has 4 rings (SSSR count). The Bertz CT molecular complexity index is 994. The first kappa shape index (κ1) is 19.2. The molecule has 0 spiro atoms. The van der Waals surface area contributed by atoms with Crippen molar-refractivity contribution in [1.29, 1.82) is 0 Å². The van der Waals surface area contributed by atoms with E-state index >= 15 is 0 Å². The molecule has 7 heteroatoms. The monoisotopic (exact) mass is 379 g/mol. The third-order valence-electron chi connectivity index (χ3n) is 4.33. The van der Waals surface area contributed by atoms with Gasteiger partial charge < -0.3 is 25.4 Å². The van der Waals surface area contributed by atoms with Crippen LogP contribution in [0.5, 0.6) is 0 Å². The molecule has 1 aliphatic heterocycles. The van der Waals surface area contributed by atoms with Crippen LogP contribution >= 0.6 is 0 Å². The highest BCUT2D eigenvalue weighted by molar-refractivity contribution is 5.89. The summed E-state index contributed by atoms with van der Waals surface area (Å²) in [5.74, 6) is -2.51. The smallest absolute Gasteiger partial charge is 0.328 e. The number of nitrogens with one attached hydrogen (secondary N) is 2. The number of fused-ring (bicyclic) bond motifs is 2. The Balaban J connectivity index is 0.000000242. The average Bonchev–Trinajstić information content (AvgIpc) is 3.05. The van der Waals surface area contributed by atoms with Crippen LogP contribution in [0, 0.1) is 0 Å². The molecule has 2 heterocycles. The molecule has 0 aliphatic carbocycles. The normalized spacial score (nSPS) is 13.5. The van der Waals surface area contributed by atoms with Crippen LogP contribution in [0.1, 0.15) is 5.56 Å². The maximum Gasteiger partial charge on any atom is 0.328 e. The van der Waals surface area contributed by atoms with E-state index in [1.165, 1.54) is 27.8 Å². The summed E-state index contributed by atoms with van der Waals surface area (Å²) in [4.78, 5) is 24.8. The average molecular weight is 379 g/mol. The van der Waals surface area contributed by atoms with Gasteiger partial charge in [0.2, 0.25) is 0 Å². The lowest BCUT2D eigenvalue weighted by molar-refractivity contribution is -0.134. The molecule has 0 fully saturated rings. The van der Waals surface area contributed by atoms with E-state index in [-0.39, 0.29) is 0 Å². The van der Waals surface area contributed by atoms with Gasteiger partial charge in [-0.25, -0.2) is 9.59 Å². The summed E-state index contributed by atoms with van der Waals surface area (Å²) >= 11 is 0. The first-order valence-corrected chi connectivity index (χ1v) is 8.82. The van der Waals surface area contributed by atoms with E-state index in [0.29, 0.717) is 12.2 Å². The summed E-state index contributed by atoms with van der Waals surface area (Å²) in [6.07, 6.45) is 3.11. The lowest BCUT2D eigenvalue weighted by atomic mass is 10.1. The second-order valence-corrected chi connectivity index (χ2v) is 6.22. The number of carboxylic acids is 2. The quantitative estimate of drug-likeness (QED) is 0.521. The highest BCUT2D eigenvalue weighted by Crippen LogP contribution is 2.31. The number of nitrogens with zero attached hydrogens (tertiary/aromatic N) is 1. The predicted octanol–water partition coefficient (Wildman–Crippen LogP) is 3.12. The van der Waals surface area contributed by atoms with Crippen molar-refractivity contribution >= 4 is 34.2 Å². The fraction of sp³-hybridized carbons (Fsp3) is 0.143. The van der Waals surface area contributed by atoms with Crippen molar-refractivity contribution in [2.45, 2.75) is 6.54 Å². The van der Waals surface area contributed by atoms with Crippen LogP contribution in [0.3, 0.4) is 0 Å². The summed E-state index contributed by atoms with van der Waals surface area (Å²) in [6, 6.07) is 17.4. The topological polar surface area (TPSA) is 106 Å². The standard InChI is InChI=1S/C17H17N3.C4H4O4/c1-2-4-17-14(3-1)12-18-9-10-20(17)15-5-6-16-13(11-15)7-8-19-16;5-3(6)1-2-4(7)8/h1-8,11,18-19H,9-10,12H2;1-2H,(H,5,6)(H,7,8)/b;2-1+. The second-order valence-electron chi connectivity index (χ2n) is 6.22. The van der Waals surface area contributed by atoms with Gasteiger partial charge in [-0.2, -0.15) is 0 Å². The van der Waals surface area contributed by atoms with Crippen molar-refractivity contribution in [3.05, 3.63) is 72.4 Å². The van der Waals surface area contributed by atoms with Crippen molar-refractivity contribution in [1.82, 2.24) is 10.3 Å². The number of carbonyl (C=O) groups is 2. The molecule has 1 aromatic heterocycles. The molecule has 7 nitrogen and oxygen atoms in total. The Morgan fingerprint density at radius 3 is 2.50 bits per heavy atom. The maximum atomic E-state index is 9.55. The maximum absolute atomic E-state index is 9.55. The van der Waals surface area contributed by atoms with Crippen molar-refractivity contribution in [2.24, 2.45) is 0 Å². The third-order valence-corrected chi connectivity index (χ3v) is 4.33. The van der Waals surface area contributed by atoms with Gasteiger partial charge in [0.05, 0.1) is 0 Å². The summed E-state index contributed by atoms with van der Waals surface area (Å²) in [7, 11) is 0. The minimum atomic E-state index is -1.26. The first-order valence-electron chi connectivity index (χ1n) is 8.82. The van der Waals surface area contributed by atoms with Crippen LogP contribution < -0.4 is 10.2 Å². The van der Waals surface area contributed by atoms with Crippen LogP contribution in [0.2, 0.25) is 0 Å². The van der Waals surface area contributed by atoms with Crippen molar-refractivity contribution < 1.29 is 19.8 Å². The van der Waals surface area contributed by atoms with Gasteiger partial charge in [-0.1, -0.05) is 18.2 Å². The predicted molar refractivity (Wildman–Crippen MR) is 108 cm³/mol. The molecule has 144 valence electrons. The molecule has 1 aliphatic rings. The number of H-pyrrole nitrogens is 1. The number of aliphatic carboxylic acids is 2. The SMILES string of the molecule is O=C(O)/C=C/C(=O)O.c1ccc2c(c1)CNCCN2c1ccc2[nH]ccc2c1. The molecular formula is C21H21N3O4. The number of hydrogen-bond acceptors (Lipinski definition) is 4. The van der Waals surface area contributed by atoms with Gasteiger partial charge in [0.1, 0.15) is 0 Å². The molecule has 0 saturated carbocycles. The van der Waals surface area contributed by atoms with Crippen molar-refractivity contribution in [3.8, 4) is 0 Å². The minimum Gasteiger partial charge on any atom is -0.478 e. The zero-order valence-electron chi connectivity index (χ0n) is 15.1. The number of aromatic nitrogens is 1. The van der Waals surface area contributed by atoms with E-state index in [9.17, 15) is 9.59 Å². The zero-order chi connectivity index (χ0) is 19.9. The number of anilines is 2. The molecule has 2 aromatic carbocycles. The molecule has 0 atom stereocenters. The van der Waals surface area contributed by atoms with Crippen molar-refractivity contribution in [3.63, 3.8) is 0 Å². The van der Waals surface area contributed by atoms with Gasteiger partial charge in [-0.3, -0.25) is 0 Å². The first-order chi connectivity index (χ1) is 13.5. The van der Waals surface area contributed by atoms with E-state index in [2.05, 4.69) is 63.7 Å². The van der Waals surface area contributed by atoms with Gasteiger partial charge in [0.25, 0.3) is 0 Å². The number of aromatic amines is 1. The third kappa shape index (κ3) is 4.77. The Kier molecular flexibility index (Phi) is 6.08. The van der Waals surface area contributed by atoms with Crippen LogP contribution in [0.15, 0.2) is 66.9 Å². The van der Waals surface area contributed by atoms with E-state index in [0.717, 1.165) is 19.6 Å². The molecule has 0 unspecified atom stereocenters. The van der Waals surface area contributed by atoms with E-state index < -0.39 is 11.9 Å². The summed E-state index contributed by atoms with van der Waals surface area (Å²) in [5, 5.41) is 20.4. The number of carboxylic acid groups (broad SMARTS) is 2. The van der Waals surface area contributed by atoms with E-state index in [1.54, 1.807) is 0 Å². The van der Waals surface area contributed by atoms with Crippen LogP contribution in [0.25, 0.3) is 10.9 Å². The summed E-state index contributed by atoms with van der Waals surface area (Å²) < 4.78 is 0. The zero-order valence-corrected chi connectivity index (χ0v) is 15.1. The summed E-state index contributed by atoms with van der Waals surface area (Å²) in [5.41, 5.74) is 5.12. The summed E-state index contributed by atoms with van der Waals surface area (Å²) in [6.45, 7) is 2.94. The van der Waals surface area contributed by atoms with Gasteiger partial charge in [-0.05, 0) is 35.9 Å². The van der Waals surface area contributed by atoms with Gasteiger partial charge >= 0.3 is 11.9 Å². The molecule has 0 radical (unpaired) electrons. The fourth-order valence-corrected chi connectivity index (χ4v) is 3.08. The molecule has 0 bridgehead atoms. The molecule has 0 amide bonds. The van der Waals surface area contributed by atoms with Crippen LogP contribution in [-0.2, 0) is 16.1 Å². The number of para-hydroxylation sites is 1. The molecule has 28 heavy (non-hydrogen) atoms. The molecule has 3 aromatic rings. The molecular weight excluding hydrogens is 358 g/mol. The molecule has 4 N–H and O–H groups in total. The number of rotatable bonds is 3. The Hall–Kier alpha value is -3.58. The van der Waals surface area contributed by atoms with E-state index in [1.807, 2.05) is 6.20 Å². The minimum absolute atomic E-state index is 0.558. The highest BCUT2D eigenvalue weighted by Gasteiger charge is 2.16. The Morgan fingerprint density at radius 1 is 1.00 bits per heavy atom. The Morgan fingerprint density at radius 2 is 1.75 bits per heavy atom. The largest absolute Gasteiger partial charge is 0.478 e. The number of benzene rings is 2. The van der Waals surface area contributed by atoms with E-state index in [4.69, 9.17) is 10.2 Å². The van der Waals surface area contributed by atoms with Gasteiger partial charge in [0, 0.05) is 60.3 Å². The van der Waals surface area contributed by atoms with Crippen LogP contribution in [0.4, 0.5) is 11.4 Å². The van der Waals surface area contributed by atoms with Crippen molar-refractivity contribution in [2.75, 3.05) is 18.0 Å². The van der Waals surface area contributed by atoms with Gasteiger partial charge in [-0.15, -0.1) is 0 Å². The highest BCUT2D eigenvalue weighted by atomic mass is 16.4. The lowest BCUT2D eigenvalue weighted by Crippen LogP contribution is -2.24. The second kappa shape index (κ2) is 8.88. The fourth-order valence-electron chi connectivity index (χ4n) is 3.08. The van der Waals surface area contributed by atoms with Crippen LogP contribution in [-0.4, -0.2) is 40.2 Å². The molecule has 0 saturated heterocycles. The Labute approximate surface area is 161 Å². The van der Waals surface area contributed by atoms with Gasteiger partial charge in [0.15, 0.2) is 0 Å².